The van der Waals surface area contributed by atoms with Gasteiger partial charge in [-0.05, 0) is 55.5 Å². The maximum absolute atomic E-state index is 12.7. The van der Waals surface area contributed by atoms with Crippen molar-refractivity contribution in [2.24, 2.45) is 0 Å². The summed E-state index contributed by atoms with van der Waals surface area (Å²) in [6.07, 6.45) is 4.21. The van der Waals surface area contributed by atoms with Crippen molar-refractivity contribution < 1.29 is 9.59 Å². The average molecular weight is 362 g/mol. The van der Waals surface area contributed by atoms with E-state index >= 15 is 0 Å². The molecule has 0 aliphatic carbocycles. The molecular formula is C21H18N2O2S. The quantitative estimate of drug-likeness (QED) is 0.653. The van der Waals surface area contributed by atoms with Gasteiger partial charge in [-0.25, -0.2) is 4.90 Å². The summed E-state index contributed by atoms with van der Waals surface area (Å²) < 4.78 is 2.03. The Hall–Kier alpha value is -2.79. The Balaban J connectivity index is 1.49. The van der Waals surface area contributed by atoms with E-state index in [1.165, 1.54) is 16.7 Å². The largest absolute Gasteiger partial charge is 0.324 e. The Bertz CT molecular complexity index is 931. The van der Waals surface area contributed by atoms with Gasteiger partial charge in [0, 0.05) is 29.4 Å². The lowest BCUT2D eigenvalue weighted by Crippen LogP contribution is -2.31. The number of hydrogen-bond donors (Lipinski definition) is 0. The van der Waals surface area contributed by atoms with E-state index in [4.69, 9.17) is 0 Å². The molecule has 1 fully saturated rings. The zero-order chi connectivity index (χ0) is 18.1. The predicted octanol–water partition coefficient (Wildman–Crippen LogP) is 4.21. The molecule has 3 aromatic rings. The molecule has 2 aromatic carbocycles. The van der Waals surface area contributed by atoms with E-state index in [-0.39, 0.29) is 23.5 Å². The van der Waals surface area contributed by atoms with Gasteiger partial charge in [-0.15, -0.1) is 11.8 Å². The van der Waals surface area contributed by atoms with Crippen LogP contribution in [0.3, 0.4) is 0 Å². The molecule has 1 aliphatic rings. The van der Waals surface area contributed by atoms with E-state index in [0.717, 1.165) is 16.1 Å². The third-order valence-electron chi connectivity index (χ3n) is 4.42. The van der Waals surface area contributed by atoms with Gasteiger partial charge in [0.2, 0.25) is 11.8 Å². The van der Waals surface area contributed by atoms with Crippen LogP contribution in [0.2, 0.25) is 0 Å². The molecule has 2 amide bonds. The van der Waals surface area contributed by atoms with Crippen molar-refractivity contribution in [2.75, 3.05) is 4.90 Å². The maximum atomic E-state index is 12.7. The molecule has 1 unspecified atom stereocenters. The summed E-state index contributed by atoms with van der Waals surface area (Å²) in [5.41, 5.74) is 2.81. The number of benzene rings is 2. The van der Waals surface area contributed by atoms with Crippen molar-refractivity contribution in [1.29, 1.82) is 0 Å². The molecule has 5 heteroatoms. The highest BCUT2D eigenvalue weighted by Crippen LogP contribution is 2.34. The summed E-state index contributed by atoms with van der Waals surface area (Å²) in [6.45, 7) is 1.98. The van der Waals surface area contributed by atoms with Gasteiger partial charge in [-0.2, -0.15) is 0 Å². The van der Waals surface area contributed by atoms with Crippen molar-refractivity contribution in [3.63, 3.8) is 0 Å². The van der Waals surface area contributed by atoms with Crippen LogP contribution >= 0.6 is 11.8 Å². The molecule has 0 radical (unpaired) electrons. The molecule has 1 aromatic heterocycles. The molecule has 26 heavy (non-hydrogen) atoms. The Morgan fingerprint density at radius 2 is 1.50 bits per heavy atom. The number of carbonyl (C=O) groups is 2. The van der Waals surface area contributed by atoms with E-state index in [1.54, 1.807) is 0 Å². The molecule has 2 heterocycles. The summed E-state index contributed by atoms with van der Waals surface area (Å²) in [5.74, 6) is -0.279. The number of aryl methyl sites for hydroxylation is 1. The lowest BCUT2D eigenvalue weighted by molar-refractivity contribution is -0.121. The molecule has 4 nitrogen and oxygen atoms in total. The number of imide groups is 1. The number of carbonyl (C=O) groups excluding carboxylic acids is 2. The van der Waals surface area contributed by atoms with E-state index in [2.05, 4.69) is 0 Å². The molecule has 1 saturated heterocycles. The zero-order valence-corrected chi connectivity index (χ0v) is 15.1. The summed E-state index contributed by atoms with van der Waals surface area (Å²) in [5, 5.41) is -0.374. The van der Waals surface area contributed by atoms with Crippen LogP contribution in [0, 0.1) is 6.92 Å². The smallest absolute Gasteiger partial charge is 0.247 e. The monoisotopic (exact) mass is 362 g/mol. The van der Waals surface area contributed by atoms with Crippen LogP contribution in [0.5, 0.6) is 0 Å². The minimum absolute atomic E-state index is 0.139. The topological polar surface area (TPSA) is 42.3 Å². The fourth-order valence-corrected chi connectivity index (χ4v) is 4.08. The van der Waals surface area contributed by atoms with Crippen LogP contribution in [0.1, 0.15) is 12.0 Å². The van der Waals surface area contributed by atoms with E-state index in [1.807, 2.05) is 84.5 Å². The first-order valence-electron chi connectivity index (χ1n) is 8.45. The molecule has 130 valence electrons. The molecule has 0 N–H and O–H groups in total. The van der Waals surface area contributed by atoms with Crippen LogP contribution in [0.25, 0.3) is 5.69 Å². The maximum Gasteiger partial charge on any atom is 0.247 e. The van der Waals surface area contributed by atoms with Crippen LogP contribution in [0.15, 0.2) is 78.0 Å². The number of thioether (sulfide) groups is 1. The van der Waals surface area contributed by atoms with Gasteiger partial charge in [0.25, 0.3) is 0 Å². The standard InChI is InChI=1S/C21H18N2O2S/c1-15-4-6-17(7-5-15)23-20(24)14-19(21(23)25)26-18-10-8-16(9-11-18)22-12-2-3-13-22/h2-13,19H,14H2,1H3. The van der Waals surface area contributed by atoms with Gasteiger partial charge in [0.1, 0.15) is 0 Å². The number of amides is 2. The molecular weight excluding hydrogens is 344 g/mol. The van der Waals surface area contributed by atoms with Gasteiger partial charge in [0.05, 0.1) is 10.9 Å². The first-order valence-corrected chi connectivity index (χ1v) is 9.33. The summed E-state index contributed by atoms with van der Waals surface area (Å²) in [4.78, 5) is 27.4. The van der Waals surface area contributed by atoms with Crippen molar-refractivity contribution in [1.82, 2.24) is 4.57 Å². The normalized spacial score (nSPS) is 17.1. The number of hydrogen-bond acceptors (Lipinski definition) is 3. The number of anilines is 1. The Kier molecular flexibility index (Phi) is 4.39. The van der Waals surface area contributed by atoms with E-state index < -0.39 is 0 Å². The van der Waals surface area contributed by atoms with Gasteiger partial charge < -0.3 is 4.57 Å². The Morgan fingerprint density at radius 1 is 0.885 bits per heavy atom. The zero-order valence-electron chi connectivity index (χ0n) is 14.3. The number of nitrogens with zero attached hydrogens (tertiary/aromatic N) is 2. The van der Waals surface area contributed by atoms with Crippen LogP contribution in [0.4, 0.5) is 5.69 Å². The van der Waals surface area contributed by atoms with Gasteiger partial charge >= 0.3 is 0 Å². The highest BCUT2D eigenvalue weighted by Gasteiger charge is 2.40. The molecule has 0 saturated carbocycles. The van der Waals surface area contributed by atoms with Gasteiger partial charge in [-0.1, -0.05) is 17.7 Å². The van der Waals surface area contributed by atoms with Crippen LogP contribution in [-0.2, 0) is 9.59 Å². The SMILES string of the molecule is Cc1ccc(N2C(=O)CC(Sc3ccc(-n4cccc4)cc3)C2=O)cc1. The molecule has 0 spiro atoms. The number of rotatable bonds is 4. The molecule has 4 rings (SSSR count). The van der Waals surface area contributed by atoms with Gasteiger partial charge in [-0.3, -0.25) is 9.59 Å². The summed E-state index contributed by atoms with van der Waals surface area (Å²) in [6, 6.07) is 19.4. The first kappa shape index (κ1) is 16.7. The van der Waals surface area contributed by atoms with Crippen molar-refractivity contribution >= 4 is 29.3 Å². The second-order valence-electron chi connectivity index (χ2n) is 6.30. The fraction of sp³-hybridized carbons (Fsp3) is 0.143. The summed E-state index contributed by atoms with van der Waals surface area (Å²) >= 11 is 1.45. The lowest BCUT2D eigenvalue weighted by Gasteiger charge is -2.15. The van der Waals surface area contributed by atoms with E-state index in [0.29, 0.717) is 5.69 Å². The van der Waals surface area contributed by atoms with Crippen molar-refractivity contribution in [2.45, 2.75) is 23.5 Å². The Morgan fingerprint density at radius 3 is 2.15 bits per heavy atom. The third kappa shape index (κ3) is 3.18. The minimum atomic E-state index is -0.374. The molecule has 1 aliphatic heterocycles. The third-order valence-corrected chi connectivity index (χ3v) is 5.61. The second kappa shape index (κ2) is 6.84. The van der Waals surface area contributed by atoms with Gasteiger partial charge in [0.15, 0.2) is 0 Å². The van der Waals surface area contributed by atoms with E-state index in [9.17, 15) is 9.59 Å². The van der Waals surface area contributed by atoms with Crippen LogP contribution in [-0.4, -0.2) is 21.6 Å². The highest BCUT2D eigenvalue weighted by atomic mass is 32.2. The first-order chi connectivity index (χ1) is 12.6. The lowest BCUT2D eigenvalue weighted by atomic mass is 10.2. The van der Waals surface area contributed by atoms with Crippen molar-refractivity contribution in [3.8, 4) is 5.69 Å². The van der Waals surface area contributed by atoms with Crippen molar-refractivity contribution in [3.05, 3.63) is 78.6 Å². The minimum Gasteiger partial charge on any atom is -0.324 e. The summed E-state index contributed by atoms with van der Waals surface area (Å²) in [7, 11) is 0. The molecule has 1 atom stereocenters. The Labute approximate surface area is 156 Å². The second-order valence-corrected chi connectivity index (χ2v) is 7.57. The molecule has 0 bridgehead atoms. The van der Waals surface area contributed by atoms with Crippen LogP contribution < -0.4 is 4.90 Å². The number of aromatic nitrogens is 1. The fourth-order valence-electron chi connectivity index (χ4n) is 3.03. The average Bonchev–Trinajstić information content (AvgIpc) is 3.26. The predicted molar refractivity (Wildman–Crippen MR) is 104 cm³/mol. The highest BCUT2D eigenvalue weighted by molar-refractivity contribution is 8.00.